The van der Waals surface area contributed by atoms with Crippen LogP contribution in [-0.2, 0) is 21.4 Å². The predicted molar refractivity (Wildman–Crippen MR) is 120 cm³/mol. The Morgan fingerprint density at radius 1 is 0.933 bits per heavy atom. The molecule has 0 aliphatic rings. The molecule has 156 valence electrons. The van der Waals surface area contributed by atoms with Crippen molar-refractivity contribution < 1.29 is 13.2 Å². The van der Waals surface area contributed by atoms with Crippen molar-refractivity contribution in [3.63, 3.8) is 0 Å². The van der Waals surface area contributed by atoms with Gasteiger partial charge in [-0.1, -0.05) is 59.6 Å². The molecule has 30 heavy (non-hydrogen) atoms. The summed E-state index contributed by atoms with van der Waals surface area (Å²) in [6.07, 6.45) is 0. The van der Waals surface area contributed by atoms with Crippen LogP contribution in [0.25, 0.3) is 0 Å². The molecule has 0 atom stereocenters. The molecular weight excluding hydrogens is 443 g/mol. The summed E-state index contributed by atoms with van der Waals surface area (Å²) in [4.78, 5) is 12.8. The highest BCUT2D eigenvalue weighted by Gasteiger charge is 2.27. The molecule has 0 spiro atoms. The Bertz CT molecular complexity index is 1130. The van der Waals surface area contributed by atoms with Gasteiger partial charge in [-0.05, 0) is 54.4 Å². The van der Waals surface area contributed by atoms with E-state index in [1.54, 1.807) is 67.6 Å². The molecule has 0 fully saturated rings. The lowest BCUT2D eigenvalue weighted by Crippen LogP contribution is -2.37. The zero-order valence-electron chi connectivity index (χ0n) is 16.2. The minimum Gasteiger partial charge on any atom is -0.325 e. The molecule has 0 saturated carbocycles. The zero-order valence-corrected chi connectivity index (χ0v) is 18.5. The summed E-state index contributed by atoms with van der Waals surface area (Å²) in [5.74, 6) is -0.464. The number of sulfonamides is 1. The molecule has 1 N–H and O–H groups in total. The molecular formula is C22H20Cl2N2O3S. The smallest absolute Gasteiger partial charge is 0.243 e. The fourth-order valence-electron chi connectivity index (χ4n) is 2.85. The van der Waals surface area contributed by atoms with Gasteiger partial charge in [-0.2, -0.15) is 4.31 Å². The van der Waals surface area contributed by atoms with Crippen molar-refractivity contribution in [3.8, 4) is 0 Å². The predicted octanol–water partition coefficient (Wildman–Crippen LogP) is 5.13. The maximum absolute atomic E-state index is 13.2. The third kappa shape index (κ3) is 5.40. The molecule has 1 amide bonds. The maximum Gasteiger partial charge on any atom is 0.243 e. The van der Waals surface area contributed by atoms with Gasteiger partial charge >= 0.3 is 0 Å². The summed E-state index contributed by atoms with van der Waals surface area (Å²) < 4.78 is 27.6. The van der Waals surface area contributed by atoms with Gasteiger partial charge in [-0.15, -0.1) is 0 Å². The number of hydrogen-bond donors (Lipinski definition) is 1. The van der Waals surface area contributed by atoms with Crippen LogP contribution in [0.5, 0.6) is 0 Å². The summed E-state index contributed by atoms with van der Waals surface area (Å²) in [6.45, 7) is 1.45. The van der Waals surface area contributed by atoms with Gasteiger partial charge in [0.2, 0.25) is 15.9 Å². The van der Waals surface area contributed by atoms with Gasteiger partial charge in [0.05, 0.1) is 11.4 Å². The Morgan fingerprint density at radius 3 is 2.27 bits per heavy atom. The van der Waals surface area contributed by atoms with Crippen LogP contribution in [0.4, 0.5) is 5.69 Å². The number of halogens is 2. The topological polar surface area (TPSA) is 66.5 Å². The van der Waals surface area contributed by atoms with Crippen molar-refractivity contribution in [2.75, 3.05) is 11.9 Å². The average Bonchev–Trinajstić information content (AvgIpc) is 2.73. The number of carbonyl (C=O) groups is 1. The Labute approximate surface area is 186 Å². The second-order valence-electron chi connectivity index (χ2n) is 6.67. The minimum absolute atomic E-state index is 0.0242. The first-order valence-corrected chi connectivity index (χ1v) is 11.3. The quantitative estimate of drug-likeness (QED) is 0.528. The van der Waals surface area contributed by atoms with E-state index in [2.05, 4.69) is 5.32 Å². The fourth-order valence-corrected chi connectivity index (χ4v) is 4.56. The lowest BCUT2D eigenvalue weighted by molar-refractivity contribution is -0.116. The summed E-state index contributed by atoms with van der Waals surface area (Å²) >= 11 is 12.0. The second-order valence-corrected chi connectivity index (χ2v) is 9.45. The van der Waals surface area contributed by atoms with E-state index in [-0.39, 0.29) is 18.0 Å². The molecule has 0 aliphatic heterocycles. The van der Waals surface area contributed by atoms with Crippen LogP contribution >= 0.6 is 23.2 Å². The van der Waals surface area contributed by atoms with E-state index in [0.29, 0.717) is 26.9 Å². The normalized spacial score (nSPS) is 11.5. The fraction of sp³-hybridized carbons (Fsp3) is 0.136. The first-order valence-electron chi connectivity index (χ1n) is 9.12. The van der Waals surface area contributed by atoms with E-state index in [4.69, 9.17) is 23.2 Å². The Kier molecular flexibility index (Phi) is 7.15. The molecule has 0 aromatic heterocycles. The van der Waals surface area contributed by atoms with E-state index in [0.717, 1.165) is 4.31 Å². The van der Waals surface area contributed by atoms with Crippen molar-refractivity contribution in [3.05, 3.63) is 94.0 Å². The molecule has 8 heteroatoms. The van der Waals surface area contributed by atoms with Gasteiger partial charge in [0, 0.05) is 22.3 Å². The van der Waals surface area contributed by atoms with Crippen LogP contribution in [0.15, 0.2) is 77.7 Å². The Balaban J connectivity index is 1.87. The van der Waals surface area contributed by atoms with Gasteiger partial charge in [-0.25, -0.2) is 8.42 Å². The molecule has 0 unspecified atom stereocenters. The number of nitrogens with one attached hydrogen (secondary N) is 1. The molecule has 3 rings (SSSR count). The lowest BCUT2D eigenvalue weighted by Gasteiger charge is -2.22. The third-order valence-corrected chi connectivity index (χ3v) is 6.98. The van der Waals surface area contributed by atoms with Crippen molar-refractivity contribution in [2.24, 2.45) is 0 Å². The summed E-state index contributed by atoms with van der Waals surface area (Å²) in [6, 6.07) is 20.0. The molecule has 0 aliphatic carbocycles. The first kappa shape index (κ1) is 22.3. The first-order chi connectivity index (χ1) is 14.3. The SMILES string of the molecule is Cc1c(Cl)cccc1NC(=O)CN(Cc1ccc(Cl)cc1)S(=O)(=O)c1ccccc1. The third-order valence-electron chi connectivity index (χ3n) is 4.51. The summed E-state index contributed by atoms with van der Waals surface area (Å²) in [5.41, 5.74) is 1.96. The number of rotatable bonds is 7. The monoisotopic (exact) mass is 462 g/mol. The minimum atomic E-state index is -3.90. The highest BCUT2D eigenvalue weighted by molar-refractivity contribution is 7.89. The van der Waals surface area contributed by atoms with Crippen molar-refractivity contribution in [1.82, 2.24) is 4.31 Å². The molecule has 0 radical (unpaired) electrons. The largest absolute Gasteiger partial charge is 0.325 e. The van der Waals surface area contributed by atoms with E-state index in [1.807, 2.05) is 0 Å². The van der Waals surface area contributed by atoms with Gasteiger partial charge in [0.1, 0.15) is 0 Å². The molecule has 0 bridgehead atoms. The summed E-state index contributed by atoms with van der Waals surface area (Å²) in [5, 5.41) is 3.81. The Hall–Kier alpha value is -2.38. The van der Waals surface area contributed by atoms with Crippen molar-refractivity contribution >= 4 is 44.8 Å². The van der Waals surface area contributed by atoms with E-state index < -0.39 is 15.9 Å². The number of carbonyl (C=O) groups excluding carboxylic acids is 1. The van der Waals surface area contributed by atoms with Gasteiger partial charge in [0.15, 0.2) is 0 Å². The number of benzene rings is 3. The molecule has 3 aromatic rings. The van der Waals surface area contributed by atoms with Crippen LogP contribution in [0, 0.1) is 6.92 Å². The molecule has 3 aromatic carbocycles. The van der Waals surface area contributed by atoms with Gasteiger partial charge < -0.3 is 5.32 Å². The highest BCUT2D eigenvalue weighted by Crippen LogP contribution is 2.24. The molecule has 0 saturated heterocycles. The van der Waals surface area contributed by atoms with Gasteiger partial charge in [0.25, 0.3) is 0 Å². The highest BCUT2D eigenvalue weighted by atomic mass is 35.5. The van der Waals surface area contributed by atoms with Crippen LogP contribution in [0.1, 0.15) is 11.1 Å². The number of nitrogens with zero attached hydrogens (tertiary/aromatic N) is 1. The van der Waals surface area contributed by atoms with E-state index in [1.165, 1.54) is 12.1 Å². The lowest BCUT2D eigenvalue weighted by atomic mass is 10.2. The maximum atomic E-state index is 13.2. The van der Waals surface area contributed by atoms with Crippen LogP contribution in [-0.4, -0.2) is 25.2 Å². The van der Waals surface area contributed by atoms with Gasteiger partial charge in [-0.3, -0.25) is 4.79 Å². The van der Waals surface area contributed by atoms with E-state index >= 15 is 0 Å². The second kappa shape index (κ2) is 9.62. The average molecular weight is 463 g/mol. The van der Waals surface area contributed by atoms with Crippen LogP contribution in [0.2, 0.25) is 10.0 Å². The van der Waals surface area contributed by atoms with E-state index in [9.17, 15) is 13.2 Å². The van der Waals surface area contributed by atoms with Crippen molar-refractivity contribution in [2.45, 2.75) is 18.4 Å². The molecule has 0 heterocycles. The standard InChI is InChI=1S/C22H20Cl2N2O3S/c1-16-20(24)8-5-9-21(16)25-22(27)15-26(14-17-10-12-18(23)13-11-17)30(28,29)19-6-3-2-4-7-19/h2-13H,14-15H2,1H3,(H,25,27). The van der Waals surface area contributed by atoms with Crippen LogP contribution < -0.4 is 5.32 Å². The summed E-state index contributed by atoms with van der Waals surface area (Å²) in [7, 11) is -3.90. The van der Waals surface area contributed by atoms with Crippen molar-refractivity contribution in [1.29, 1.82) is 0 Å². The zero-order chi connectivity index (χ0) is 21.7. The molecule has 5 nitrogen and oxygen atoms in total. The Morgan fingerprint density at radius 2 is 1.60 bits per heavy atom. The number of hydrogen-bond acceptors (Lipinski definition) is 3. The number of amides is 1. The van der Waals surface area contributed by atoms with Crippen LogP contribution in [0.3, 0.4) is 0 Å². The number of anilines is 1.